The van der Waals surface area contributed by atoms with Gasteiger partial charge in [0.2, 0.25) is 0 Å². The molecular weight excluding hydrogens is 258 g/mol. The van der Waals surface area contributed by atoms with Gasteiger partial charge in [-0.2, -0.15) is 0 Å². The first-order valence-corrected chi connectivity index (χ1v) is 6.44. The highest BCUT2D eigenvalue weighted by Crippen LogP contribution is 2.22. The molecule has 0 unspecified atom stereocenters. The van der Waals surface area contributed by atoms with Gasteiger partial charge in [-0.3, -0.25) is 0 Å². The molecule has 1 aromatic carbocycles. The summed E-state index contributed by atoms with van der Waals surface area (Å²) >= 11 is 0. The molecule has 0 fully saturated rings. The van der Waals surface area contributed by atoms with E-state index in [9.17, 15) is 4.79 Å². The molecule has 1 heterocycles. The van der Waals surface area contributed by atoms with Crippen LogP contribution in [0.25, 0.3) is 0 Å². The van der Waals surface area contributed by atoms with Gasteiger partial charge >= 0.3 is 5.97 Å². The smallest absolute Gasteiger partial charge is 0.341 e. The lowest BCUT2D eigenvalue weighted by Crippen LogP contribution is -2.08. The number of carbonyl (C=O) groups excluding carboxylic acids is 1. The standard InChI is InChI=1S/C15H17NO4/c1-4-18-15(17)12-7-5-6-8-14(12)19-9-13-10(2)16-20-11(13)3/h5-8H,4,9H2,1-3H3. The van der Waals surface area contributed by atoms with Crippen molar-refractivity contribution in [2.75, 3.05) is 6.61 Å². The van der Waals surface area contributed by atoms with Crippen LogP contribution in [0.15, 0.2) is 28.8 Å². The van der Waals surface area contributed by atoms with E-state index >= 15 is 0 Å². The number of nitrogens with zero attached hydrogens (tertiary/aromatic N) is 1. The summed E-state index contributed by atoms with van der Waals surface area (Å²) in [7, 11) is 0. The van der Waals surface area contributed by atoms with Crippen molar-refractivity contribution in [3.8, 4) is 5.75 Å². The number of esters is 1. The number of hydrogen-bond acceptors (Lipinski definition) is 5. The molecule has 0 spiro atoms. The molecule has 2 aromatic rings. The van der Waals surface area contributed by atoms with Crippen LogP contribution in [0.3, 0.4) is 0 Å². The fraction of sp³-hybridized carbons (Fsp3) is 0.333. The second-order valence-corrected chi connectivity index (χ2v) is 4.31. The molecule has 0 aliphatic rings. The maximum Gasteiger partial charge on any atom is 0.341 e. The Kier molecular flexibility index (Phi) is 4.40. The SMILES string of the molecule is CCOC(=O)c1ccccc1OCc1c(C)noc1C. The van der Waals surface area contributed by atoms with Crippen molar-refractivity contribution in [2.45, 2.75) is 27.4 Å². The van der Waals surface area contributed by atoms with Crippen molar-refractivity contribution in [2.24, 2.45) is 0 Å². The lowest BCUT2D eigenvalue weighted by Gasteiger charge is -2.10. The third-order valence-corrected chi connectivity index (χ3v) is 2.94. The predicted molar refractivity (Wildman–Crippen MR) is 72.7 cm³/mol. The number of aromatic nitrogens is 1. The molecule has 0 aliphatic carbocycles. The first kappa shape index (κ1) is 14.1. The van der Waals surface area contributed by atoms with E-state index in [4.69, 9.17) is 14.0 Å². The Balaban J connectivity index is 2.16. The second-order valence-electron chi connectivity index (χ2n) is 4.31. The van der Waals surface area contributed by atoms with Gasteiger partial charge in [0.1, 0.15) is 23.7 Å². The summed E-state index contributed by atoms with van der Waals surface area (Å²) in [5.74, 6) is 0.823. The zero-order valence-electron chi connectivity index (χ0n) is 11.8. The molecule has 0 atom stereocenters. The van der Waals surface area contributed by atoms with Gasteiger partial charge in [0.15, 0.2) is 0 Å². The van der Waals surface area contributed by atoms with Gasteiger partial charge in [-0.05, 0) is 32.9 Å². The van der Waals surface area contributed by atoms with Crippen LogP contribution in [-0.2, 0) is 11.3 Å². The largest absolute Gasteiger partial charge is 0.488 e. The van der Waals surface area contributed by atoms with Crippen LogP contribution in [0.1, 0.15) is 34.3 Å². The summed E-state index contributed by atoms with van der Waals surface area (Å²) in [6.45, 7) is 6.09. The number of para-hydroxylation sites is 1. The normalized spacial score (nSPS) is 10.3. The quantitative estimate of drug-likeness (QED) is 0.785. The van der Waals surface area contributed by atoms with Gasteiger partial charge in [0.05, 0.1) is 17.9 Å². The monoisotopic (exact) mass is 275 g/mol. The second kappa shape index (κ2) is 6.23. The van der Waals surface area contributed by atoms with Crippen molar-refractivity contribution in [1.82, 2.24) is 5.16 Å². The molecule has 5 nitrogen and oxygen atoms in total. The number of ether oxygens (including phenoxy) is 2. The summed E-state index contributed by atoms with van der Waals surface area (Å²) in [6, 6.07) is 7.01. The maximum atomic E-state index is 11.8. The molecule has 5 heteroatoms. The van der Waals surface area contributed by atoms with Gasteiger partial charge in [0.25, 0.3) is 0 Å². The molecule has 0 saturated carbocycles. The number of aryl methyl sites for hydroxylation is 2. The van der Waals surface area contributed by atoms with E-state index in [1.54, 1.807) is 25.1 Å². The van der Waals surface area contributed by atoms with Gasteiger partial charge in [-0.15, -0.1) is 0 Å². The van der Waals surface area contributed by atoms with E-state index < -0.39 is 0 Å². The number of hydrogen-bond donors (Lipinski definition) is 0. The average Bonchev–Trinajstić information content (AvgIpc) is 2.76. The van der Waals surface area contributed by atoms with Crippen LogP contribution in [0, 0.1) is 13.8 Å². The molecule has 0 saturated heterocycles. The van der Waals surface area contributed by atoms with Crippen molar-refractivity contribution in [3.63, 3.8) is 0 Å². The number of benzene rings is 1. The van der Waals surface area contributed by atoms with Crippen LogP contribution >= 0.6 is 0 Å². The van der Waals surface area contributed by atoms with E-state index in [0.29, 0.717) is 24.5 Å². The van der Waals surface area contributed by atoms with Gasteiger partial charge in [-0.25, -0.2) is 4.79 Å². The van der Waals surface area contributed by atoms with E-state index in [1.807, 2.05) is 19.9 Å². The van der Waals surface area contributed by atoms with Gasteiger partial charge in [-0.1, -0.05) is 17.3 Å². The van der Waals surface area contributed by atoms with E-state index in [2.05, 4.69) is 5.16 Å². The highest BCUT2D eigenvalue weighted by Gasteiger charge is 2.15. The Morgan fingerprint density at radius 2 is 2.05 bits per heavy atom. The molecule has 0 N–H and O–H groups in total. The number of rotatable bonds is 5. The Morgan fingerprint density at radius 3 is 2.70 bits per heavy atom. The van der Waals surface area contributed by atoms with Crippen LogP contribution in [0.4, 0.5) is 0 Å². The fourth-order valence-electron chi connectivity index (χ4n) is 1.83. The third kappa shape index (κ3) is 2.99. The highest BCUT2D eigenvalue weighted by molar-refractivity contribution is 5.92. The molecule has 0 bridgehead atoms. The Morgan fingerprint density at radius 1 is 1.30 bits per heavy atom. The molecule has 20 heavy (non-hydrogen) atoms. The summed E-state index contributed by atoms with van der Waals surface area (Å²) in [6.07, 6.45) is 0. The lowest BCUT2D eigenvalue weighted by molar-refractivity contribution is 0.0521. The zero-order valence-corrected chi connectivity index (χ0v) is 11.8. The Labute approximate surface area is 117 Å². The van der Waals surface area contributed by atoms with Gasteiger partial charge in [0, 0.05) is 0 Å². The molecule has 106 valence electrons. The van der Waals surface area contributed by atoms with Crippen LogP contribution in [-0.4, -0.2) is 17.7 Å². The van der Waals surface area contributed by atoms with Crippen molar-refractivity contribution in [1.29, 1.82) is 0 Å². The minimum absolute atomic E-state index is 0.303. The highest BCUT2D eigenvalue weighted by atomic mass is 16.5. The minimum atomic E-state index is -0.387. The first-order valence-electron chi connectivity index (χ1n) is 6.44. The minimum Gasteiger partial charge on any atom is -0.488 e. The van der Waals surface area contributed by atoms with Crippen LogP contribution < -0.4 is 4.74 Å². The molecule has 0 amide bonds. The number of carbonyl (C=O) groups is 1. The van der Waals surface area contributed by atoms with Crippen LogP contribution in [0.5, 0.6) is 5.75 Å². The third-order valence-electron chi connectivity index (χ3n) is 2.94. The summed E-state index contributed by atoms with van der Waals surface area (Å²) in [5, 5.41) is 3.87. The summed E-state index contributed by atoms with van der Waals surface area (Å²) < 4.78 is 15.8. The summed E-state index contributed by atoms with van der Waals surface area (Å²) in [5.41, 5.74) is 2.10. The van der Waals surface area contributed by atoms with E-state index in [1.165, 1.54) is 0 Å². The molecule has 2 rings (SSSR count). The Bertz CT molecular complexity index is 584. The van der Waals surface area contributed by atoms with Crippen molar-refractivity contribution >= 4 is 5.97 Å². The molecular formula is C15H17NO4. The lowest BCUT2D eigenvalue weighted by atomic mass is 10.2. The molecule has 0 aliphatic heterocycles. The average molecular weight is 275 g/mol. The van der Waals surface area contributed by atoms with E-state index in [-0.39, 0.29) is 5.97 Å². The summed E-state index contributed by atoms with van der Waals surface area (Å²) in [4.78, 5) is 11.8. The molecule has 0 radical (unpaired) electrons. The van der Waals surface area contributed by atoms with E-state index in [0.717, 1.165) is 17.0 Å². The fourth-order valence-corrected chi connectivity index (χ4v) is 1.83. The zero-order chi connectivity index (χ0) is 14.5. The topological polar surface area (TPSA) is 61.6 Å². The van der Waals surface area contributed by atoms with Crippen LogP contribution in [0.2, 0.25) is 0 Å². The van der Waals surface area contributed by atoms with Gasteiger partial charge < -0.3 is 14.0 Å². The van der Waals surface area contributed by atoms with Crippen molar-refractivity contribution in [3.05, 3.63) is 46.8 Å². The predicted octanol–water partition coefficient (Wildman–Crippen LogP) is 3.05. The Hall–Kier alpha value is -2.30. The first-order chi connectivity index (χ1) is 9.63. The maximum absolute atomic E-state index is 11.8. The molecule has 1 aromatic heterocycles. The van der Waals surface area contributed by atoms with Crippen molar-refractivity contribution < 1.29 is 18.8 Å².